The Morgan fingerprint density at radius 1 is 0.562 bits per heavy atom. The van der Waals surface area contributed by atoms with Crippen molar-refractivity contribution >= 4 is 0 Å². The molecule has 1 aliphatic rings. The van der Waals surface area contributed by atoms with E-state index in [-0.39, 0.29) is 37.3 Å². The summed E-state index contributed by atoms with van der Waals surface area (Å²) in [6.07, 6.45) is -1.69. The summed E-state index contributed by atoms with van der Waals surface area (Å²) in [4.78, 5) is 0. The maximum Gasteiger partial charge on any atom is 0.161 e. The molecule has 6 nitrogen and oxygen atoms in total. The average molecular weight is 445 g/mol. The van der Waals surface area contributed by atoms with E-state index in [2.05, 4.69) is 41.5 Å². The second-order valence-corrected chi connectivity index (χ2v) is 10.4. The molecule has 0 spiro atoms. The standard InChI is InChI=1S/C26H36O6/c1-25(2,3)17-7-9-21-23(11-17)31-15-19(27)14-30-22-10-8-18(26(4,5)6)12-24(22)32-16-20(28)13-29-21/h7-12,19-20,27-28H,13-16H2,1-6H3. The van der Waals surface area contributed by atoms with Crippen molar-refractivity contribution < 1.29 is 29.2 Å². The highest BCUT2D eigenvalue weighted by atomic mass is 16.6. The fraction of sp³-hybridized carbons (Fsp3) is 0.538. The van der Waals surface area contributed by atoms with Crippen molar-refractivity contribution in [3.05, 3.63) is 47.5 Å². The first-order valence-corrected chi connectivity index (χ1v) is 11.1. The summed E-state index contributed by atoms with van der Waals surface area (Å²) in [7, 11) is 0. The molecule has 0 saturated carbocycles. The topological polar surface area (TPSA) is 77.4 Å². The van der Waals surface area contributed by atoms with Gasteiger partial charge in [0.1, 0.15) is 38.6 Å². The Hall–Kier alpha value is -2.44. The van der Waals surface area contributed by atoms with Crippen molar-refractivity contribution in [1.82, 2.24) is 0 Å². The van der Waals surface area contributed by atoms with E-state index in [9.17, 15) is 10.2 Å². The molecule has 2 unspecified atom stereocenters. The Morgan fingerprint density at radius 3 is 1.19 bits per heavy atom. The van der Waals surface area contributed by atoms with Gasteiger partial charge in [0, 0.05) is 0 Å². The number of fused-ring (bicyclic) bond motifs is 2. The van der Waals surface area contributed by atoms with Crippen LogP contribution in [-0.2, 0) is 10.8 Å². The third-order valence-electron chi connectivity index (χ3n) is 5.34. The normalized spacial score (nSPS) is 20.4. The molecule has 176 valence electrons. The fourth-order valence-electron chi connectivity index (χ4n) is 3.25. The second kappa shape index (κ2) is 9.59. The lowest BCUT2D eigenvalue weighted by Crippen LogP contribution is -2.28. The first-order valence-electron chi connectivity index (χ1n) is 11.1. The monoisotopic (exact) mass is 444 g/mol. The molecule has 0 saturated heterocycles. The maximum absolute atomic E-state index is 10.5. The molecule has 0 radical (unpaired) electrons. The van der Waals surface area contributed by atoms with Crippen LogP contribution in [0.4, 0.5) is 0 Å². The number of hydrogen-bond acceptors (Lipinski definition) is 6. The highest BCUT2D eigenvalue weighted by molar-refractivity contribution is 5.46. The molecular weight excluding hydrogens is 408 g/mol. The predicted molar refractivity (Wildman–Crippen MR) is 124 cm³/mol. The van der Waals surface area contributed by atoms with Gasteiger partial charge in [0.15, 0.2) is 23.0 Å². The number of aliphatic hydroxyl groups excluding tert-OH is 2. The molecule has 2 N–H and O–H groups in total. The molecule has 2 aromatic rings. The zero-order valence-corrected chi connectivity index (χ0v) is 20.0. The highest BCUT2D eigenvalue weighted by Crippen LogP contribution is 2.35. The first kappa shape index (κ1) is 24.2. The third-order valence-corrected chi connectivity index (χ3v) is 5.34. The summed E-state index contributed by atoms with van der Waals surface area (Å²) in [6, 6.07) is 11.5. The smallest absolute Gasteiger partial charge is 0.161 e. The van der Waals surface area contributed by atoms with Gasteiger partial charge in [-0.15, -0.1) is 0 Å². The molecule has 32 heavy (non-hydrogen) atoms. The highest BCUT2D eigenvalue weighted by Gasteiger charge is 2.21. The van der Waals surface area contributed by atoms with E-state index in [1.165, 1.54) is 0 Å². The summed E-state index contributed by atoms with van der Waals surface area (Å²) in [5, 5.41) is 20.9. The van der Waals surface area contributed by atoms with Crippen LogP contribution in [0.1, 0.15) is 52.7 Å². The zero-order chi connectivity index (χ0) is 23.5. The van der Waals surface area contributed by atoms with Crippen LogP contribution in [0.15, 0.2) is 36.4 Å². The molecule has 6 heteroatoms. The average Bonchev–Trinajstić information content (AvgIpc) is 2.71. The van der Waals surface area contributed by atoms with Gasteiger partial charge in [-0.2, -0.15) is 0 Å². The third kappa shape index (κ3) is 6.30. The molecule has 3 rings (SSSR count). The summed E-state index contributed by atoms with van der Waals surface area (Å²) in [5.74, 6) is 2.07. The van der Waals surface area contributed by atoms with Gasteiger partial charge in [-0.3, -0.25) is 0 Å². The van der Waals surface area contributed by atoms with Crippen LogP contribution in [0.5, 0.6) is 23.0 Å². The van der Waals surface area contributed by atoms with E-state index < -0.39 is 12.2 Å². The number of hydrogen-bond donors (Lipinski definition) is 2. The number of ether oxygens (including phenoxy) is 4. The van der Waals surface area contributed by atoms with Crippen molar-refractivity contribution in [3.8, 4) is 23.0 Å². The predicted octanol–water partition coefficient (Wildman–Crippen LogP) is 4.23. The Balaban J connectivity index is 1.84. The lowest BCUT2D eigenvalue weighted by atomic mass is 9.87. The molecule has 2 aromatic carbocycles. The second-order valence-electron chi connectivity index (χ2n) is 10.4. The Labute approximate surface area is 191 Å². The summed E-state index contributed by atoms with van der Waals surface area (Å²) in [6.45, 7) is 12.9. The van der Waals surface area contributed by atoms with E-state index in [1.807, 2.05) is 36.4 Å². The minimum absolute atomic E-state index is 0.0444. The van der Waals surface area contributed by atoms with Crippen LogP contribution in [-0.4, -0.2) is 48.8 Å². The van der Waals surface area contributed by atoms with Crippen LogP contribution >= 0.6 is 0 Å². The van der Waals surface area contributed by atoms with Crippen LogP contribution in [0.3, 0.4) is 0 Å². The molecule has 1 aliphatic heterocycles. The van der Waals surface area contributed by atoms with Crippen molar-refractivity contribution in [3.63, 3.8) is 0 Å². The number of aliphatic hydroxyl groups is 2. The molecule has 0 aromatic heterocycles. The summed E-state index contributed by atoms with van der Waals surface area (Å²) >= 11 is 0. The van der Waals surface area contributed by atoms with Gasteiger partial charge in [-0.25, -0.2) is 0 Å². The minimum Gasteiger partial charge on any atom is -0.487 e. The molecule has 0 fully saturated rings. The van der Waals surface area contributed by atoms with Gasteiger partial charge in [-0.1, -0.05) is 53.7 Å². The van der Waals surface area contributed by atoms with Crippen LogP contribution < -0.4 is 18.9 Å². The van der Waals surface area contributed by atoms with Gasteiger partial charge < -0.3 is 29.2 Å². The molecule has 2 atom stereocenters. The van der Waals surface area contributed by atoms with Gasteiger partial charge in [-0.05, 0) is 46.2 Å². The number of rotatable bonds is 0. The van der Waals surface area contributed by atoms with Gasteiger partial charge >= 0.3 is 0 Å². The van der Waals surface area contributed by atoms with Crippen LogP contribution in [0, 0.1) is 0 Å². The lowest BCUT2D eigenvalue weighted by Gasteiger charge is -2.24. The molecule has 0 amide bonds. The van der Waals surface area contributed by atoms with Crippen molar-refractivity contribution in [1.29, 1.82) is 0 Å². The van der Waals surface area contributed by atoms with Gasteiger partial charge in [0.25, 0.3) is 0 Å². The van der Waals surface area contributed by atoms with Crippen LogP contribution in [0.25, 0.3) is 0 Å². The maximum atomic E-state index is 10.5. The Kier molecular flexibility index (Phi) is 7.25. The van der Waals surface area contributed by atoms with Gasteiger partial charge in [0.2, 0.25) is 0 Å². The van der Waals surface area contributed by atoms with Crippen molar-refractivity contribution in [2.75, 3.05) is 26.4 Å². The minimum atomic E-state index is -0.843. The zero-order valence-electron chi connectivity index (χ0n) is 20.0. The van der Waals surface area contributed by atoms with E-state index >= 15 is 0 Å². The molecular formula is C26H36O6. The SMILES string of the molecule is CC(C)(C)c1ccc2c(c1)OCC(O)COc1ccc(C(C)(C)C)cc1OCC(O)CO2. The first-order chi connectivity index (χ1) is 14.9. The van der Waals surface area contributed by atoms with Crippen LogP contribution in [0.2, 0.25) is 0 Å². The number of benzene rings is 2. The van der Waals surface area contributed by atoms with E-state index in [1.54, 1.807) is 0 Å². The van der Waals surface area contributed by atoms with E-state index in [0.29, 0.717) is 23.0 Å². The molecule has 0 aliphatic carbocycles. The molecule has 0 bridgehead atoms. The quantitative estimate of drug-likeness (QED) is 0.633. The largest absolute Gasteiger partial charge is 0.487 e. The summed E-state index contributed by atoms with van der Waals surface area (Å²) < 4.78 is 23.5. The Bertz CT molecular complexity index is 834. The summed E-state index contributed by atoms with van der Waals surface area (Å²) in [5.41, 5.74) is 2.03. The lowest BCUT2D eigenvalue weighted by molar-refractivity contribution is 0.0444. The van der Waals surface area contributed by atoms with E-state index in [4.69, 9.17) is 18.9 Å². The fourth-order valence-corrected chi connectivity index (χ4v) is 3.25. The van der Waals surface area contributed by atoms with Gasteiger partial charge in [0.05, 0.1) is 0 Å². The van der Waals surface area contributed by atoms with E-state index in [0.717, 1.165) is 11.1 Å². The van der Waals surface area contributed by atoms with Crippen molar-refractivity contribution in [2.45, 2.75) is 64.6 Å². The molecule has 1 heterocycles. The Morgan fingerprint density at radius 2 is 0.875 bits per heavy atom. The van der Waals surface area contributed by atoms with Crippen molar-refractivity contribution in [2.24, 2.45) is 0 Å².